The highest BCUT2D eigenvalue weighted by Crippen LogP contribution is 2.28. The number of amides is 2. The van der Waals surface area contributed by atoms with Gasteiger partial charge >= 0.3 is 0 Å². The molecule has 8 nitrogen and oxygen atoms in total. The van der Waals surface area contributed by atoms with Crippen LogP contribution in [0.3, 0.4) is 0 Å². The SMILES string of the molecule is CCCCNC(=O)[C@@H](CC)N(Cc1ccc(OC)cc1)C(=O)CN(c1ccc(C)cc1C)S(=O)(=O)c1ccccc1. The van der Waals surface area contributed by atoms with Crippen molar-refractivity contribution in [3.63, 3.8) is 0 Å². The minimum absolute atomic E-state index is 0.0822. The van der Waals surface area contributed by atoms with Crippen molar-refractivity contribution in [2.75, 3.05) is 24.5 Å². The molecule has 2 amide bonds. The van der Waals surface area contributed by atoms with Crippen molar-refractivity contribution in [1.29, 1.82) is 0 Å². The highest BCUT2D eigenvalue weighted by molar-refractivity contribution is 7.92. The molecule has 1 N–H and O–H groups in total. The molecule has 0 bridgehead atoms. The number of anilines is 1. The van der Waals surface area contributed by atoms with Crippen LogP contribution < -0.4 is 14.4 Å². The number of rotatable bonds is 14. The number of carbonyl (C=O) groups is 2. The lowest BCUT2D eigenvalue weighted by Gasteiger charge is -2.33. The molecule has 0 saturated carbocycles. The third-order valence-electron chi connectivity index (χ3n) is 6.96. The minimum Gasteiger partial charge on any atom is -0.497 e. The molecule has 0 aliphatic rings. The molecule has 41 heavy (non-hydrogen) atoms. The lowest BCUT2D eigenvalue weighted by molar-refractivity contribution is -0.140. The summed E-state index contributed by atoms with van der Waals surface area (Å²) in [4.78, 5) is 29.0. The summed E-state index contributed by atoms with van der Waals surface area (Å²) in [6.45, 7) is 7.82. The molecule has 0 spiro atoms. The first-order chi connectivity index (χ1) is 19.6. The Morgan fingerprint density at radius 2 is 1.63 bits per heavy atom. The Hall–Kier alpha value is -3.85. The van der Waals surface area contributed by atoms with E-state index < -0.39 is 28.5 Å². The zero-order valence-corrected chi connectivity index (χ0v) is 25.4. The van der Waals surface area contributed by atoms with Crippen LogP contribution in [-0.4, -0.2) is 51.4 Å². The summed E-state index contributed by atoms with van der Waals surface area (Å²) < 4.78 is 34.4. The second-order valence-electron chi connectivity index (χ2n) is 10.1. The number of sulfonamides is 1. The molecule has 0 aromatic heterocycles. The molecule has 9 heteroatoms. The van der Waals surface area contributed by atoms with Crippen LogP contribution in [0.25, 0.3) is 0 Å². The molecule has 0 fully saturated rings. The maximum absolute atomic E-state index is 14.2. The molecule has 3 aromatic rings. The Morgan fingerprint density at radius 3 is 2.22 bits per heavy atom. The normalized spacial score (nSPS) is 11.9. The van der Waals surface area contributed by atoms with Crippen molar-refractivity contribution in [1.82, 2.24) is 10.2 Å². The van der Waals surface area contributed by atoms with Gasteiger partial charge in [0.05, 0.1) is 17.7 Å². The lowest BCUT2D eigenvalue weighted by atomic mass is 10.1. The standard InChI is InChI=1S/C32H41N3O5S/c1-6-8-20-33-32(37)29(7-2)34(22-26-15-17-27(40-5)18-16-26)31(36)23-35(30-19-14-24(3)21-25(30)4)41(38,39)28-12-10-9-11-13-28/h9-19,21,29H,6-8,20,22-23H2,1-5H3,(H,33,37)/t29-/m1/s1. The molecule has 0 saturated heterocycles. The van der Waals surface area contributed by atoms with Crippen LogP contribution in [-0.2, 0) is 26.2 Å². The highest BCUT2D eigenvalue weighted by Gasteiger charge is 2.34. The first-order valence-electron chi connectivity index (χ1n) is 14.0. The Labute approximate surface area is 244 Å². The summed E-state index contributed by atoms with van der Waals surface area (Å²) in [7, 11) is -2.52. The van der Waals surface area contributed by atoms with E-state index in [1.165, 1.54) is 17.0 Å². The number of benzene rings is 3. The van der Waals surface area contributed by atoms with Gasteiger partial charge in [-0.25, -0.2) is 8.42 Å². The van der Waals surface area contributed by atoms with Crippen LogP contribution >= 0.6 is 0 Å². The number of ether oxygens (including phenoxy) is 1. The van der Waals surface area contributed by atoms with Gasteiger partial charge in [-0.15, -0.1) is 0 Å². The van der Waals surface area contributed by atoms with Gasteiger partial charge in [0.15, 0.2) is 0 Å². The smallest absolute Gasteiger partial charge is 0.264 e. The van der Waals surface area contributed by atoms with Gasteiger partial charge in [-0.05, 0) is 68.1 Å². The third-order valence-corrected chi connectivity index (χ3v) is 8.73. The summed E-state index contributed by atoms with van der Waals surface area (Å²) >= 11 is 0. The van der Waals surface area contributed by atoms with Crippen LogP contribution in [0.4, 0.5) is 5.69 Å². The second kappa shape index (κ2) is 14.7. The van der Waals surface area contributed by atoms with E-state index in [9.17, 15) is 18.0 Å². The summed E-state index contributed by atoms with van der Waals surface area (Å²) in [6, 6.07) is 20.0. The fraction of sp³-hybridized carbons (Fsp3) is 0.375. The quantitative estimate of drug-likeness (QED) is 0.264. The molecular weight excluding hydrogens is 538 g/mol. The number of unbranched alkanes of at least 4 members (excludes halogenated alkanes) is 1. The maximum Gasteiger partial charge on any atom is 0.264 e. The van der Waals surface area contributed by atoms with Crippen molar-refractivity contribution in [2.24, 2.45) is 0 Å². The van der Waals surface area contributed by atoms with Gasteiger partial charge in [0, 0.05) is 13.1 Å². The fourth-order valence-electron chi connectivity index (χ4n) is 4.67. The number of hydrogen-bond acceptors (Lipinski definition) is 5. The molecule has 0 aliphatic carbocycles. The van der Waals surface area contributed by atoms with Crippen LogP contribution in [0.15, 0.2) is 77.7 Å². The second-order valence-corrected chi connectivity index (χ2v) is 11.9. The van der Waals surface area contributed by atoms with E-state index >= 15 is 0 Å². The lowest BCUT2D eigenvalue weighted by Crippen LogP contribution is -2.52. The summed E-state index contributed by atoms with van der Waals surface area (Å²) in [6.07, 6.45) is 2.12. The monoisotopic (exact) mass is 579 g/mol. The van der Waals surface area contributed by atoms with E-state index in [1.54, 1.807) is 43.5 Å². The fourth-order valence-corrected chi connectivity index (χ4v) is 6.17. The predicted molar refractivity (Wildman–Crippen MR) is 162 cm³/mol. The summed E-state index contributed by atoms with van der Waals surface area (Å²) in [5.74, 6) is -0.0597. The van der Waals surface area contributed by atoms with Crippen molar-refractivity contribution < 1.29 is 22.7 Å². The van der Waals surface area contributed by atoms with Gasteiger partial charge in [-0.3, -0.25) is 13.9 Å². The van der Waals surface area contributed by atoms with Gasteiger partial charge < -0.3 is 15.0 Å². The molecular formula is C32H41N3O5S. The van der Waals surface area contributed by atoms with Gasteiger partial charge in [-0.1, -0.05) is 68.3 Å². The average Bonchev–Trinajstić information content (AvgIpc) is 2.97. The van der Waals surface area contributed by atoms with Gasteiger partial charge in [0.2, 0.25) is 11.8 Å². The number of nitrogens with zero attached hydrogens (tertiary/aromatic N) is 2. The Morgan fingerprint density at radius 1 is 0.951 bits per heavy atom. The molecule has 1 atom stereocenters. The van der Waals surface area contributed by atoms with E-state index in [4.69, 9.17) is 4.74 Å². The number of carbonyl (C=O) groups excluding carboxylic acids is 2. The summed E-state index contributed by atoms with van der Waals surface area (Å²) in [5, 5.41) is 2.95. The van der Waals surface area contributed by atoms with Crippen LogP contribution in [0.1, 0.15) is 49.8 Å². The van der Waals surface area contributed by atoms with Crippen molar-refractivity contribution in [2.45, 2.75) is 64.4 Å². The highest BCUT2D eigenvalue weighted by atomic mass is 32.2. The Kier molecular flexibility index (Phi) is 11.3. The van der Waals surface area contributed by atoms with E-state index in [0.29, 0.717) is 24.4 Å². The zero-order valence-electron chi connectivity index (χ0n) is 24.6. The first kappa shape index (κ1) is 31.7. The first-order valence-corrected chi connectivity index (χ1v) is 15.4. The van der Waals surface area contributed by atoms with Crippen LogP contribution in [0.5, 0.6) is 5.75 Å². The van der Waals surface area contributed by atoms with Gasteiger partial charge in [-0.2, -0.15) is 0 Å². The van der Waals surface area contributed by atoms with E-state index in [0.717, 1.165) is 33.8 Å². The topological polar surface area (TPSA) is 96.0 Å². The van der Waals surface area contributed by atoms with E-state index in [-0.39, 0.29) is 17.3 Å². The molecule has 3 rings (SSSR count). The van der Waals surface area contributed by atoms with Crippen LogP contribution in [0.2, 0.25) is 0 Å². The molecule has 3 aromatic carbocycles. The number of nitrogens with one attached hydrogen (secondary N) is 1. The average molecular weight is 580 g/mol. The number of methoxy groups -OCH3 is 1. The van der Waals surface area contributed by atoms with Crippen LogP contribution in [0, 0.1) is 13.8 Å². The predicted octanol–water partition coefficient (Wildman–Crippen LogP) is 5.23. The Bertz CT molecular complexity index is 1410. The third kappa shape index (κ3) is 8.10. The molecule has 0 heterocycles. The minimum atomic E-state index is -4.10. The Balaban J connectivity index is 2.05. The molecule has 0 unspecified atom stereocenters. The molecule has 220 valence electrons. The van der Waals surface area contributed by atoms with Crippen molar-refractivity contribution in [3.8, 4) is 5.75 Å². The number of aryl methyl sites for hydroxylation is 2. The molecule has 0 aliphatic heterocycles. The maximum atomic E-state index is 14.2. The zero-order chi connectivity index (χ0) is 30.0. The molecule has 0 radical (unpaired) electrons. The van der Waals surface area contributed by atoms with E-state index in [1.807, 2.05) is 52.0 Å². The van der Waals surface area contributed by atoms with E-state index in [2.05, 4.69) is 5.32 Å². The summed E-state index contributed by atoms with van der Waals surface area (Å²) in [5.41, 5.74) is 2.91. The van der Waals surface area contributed by atoms with Gasteiger partial charge in [0.25, 0.3) is 10.0 Å². The van der Waals surface area contributed by atoms with Gasteiger partial charge in [0.1, 0.15) is 18.3 Å². The van der Waals surface area contributed by atoms with Crippen molar-refractivity contribution >= 4 is 27.5 Å². The largest absolute Gasteiger partial charge is 0.497 e. The number of hydrogen-bond donors (Lipinski definition) is 1. The van der Waals surface area contributed by atoms with Crippen molar-refractivity contribution in [3.05, 3.63) is 89.5 Å².